The number of aromatic nitrogens is 3. The Kier molecular flexibility index (Phi) is 6.35. The molecule has 2 aromatic heterocycles. The zero-order valence-electron chi connectivity index (χ0n) is 12.4. The molecule has 0 fully saturated rings. The Morgan fingerprint density at radius 1 is 1.43 bits per heavy atom. The normalized spacial score (nSPS) is 12.5. The lowest BCUT2D eigenvalue weighted by Crippen LogP contribution is -2.22. The molecule has 0 aliphatic heterocycles. The molecule has 2 heterocycles. The van der Waals surface area contributed by atoms with Crippen LogP contribution in [0.5, 0.6) is 0 Å². The van der Waals surface area contributed by atoms with Gasteiger partial charge in [0, 0.05) is 19.0 Å². The molecule has 0 aliphatic rings. The summed E-state index contributed by atoms with van der Waals surface area (Å²) in [5.74, 6) is 0. The number of nitrogens with zero attached hydrogens (tertiary/aromatic N) is 3. The van der Waals surface area contributed by atoms with Crippen LogP contribution in [-0.4, -0.2) is 35.5 Å². The third-order valence-electron chi connectivity index (χ3n) is 3.43. The van der Waals surface area contributed by atoms with E-state index in [4.69, 9.17) is 4.74 Å². The van der Waals surface area contributed by atoms with Gasteiger partial charge in [-0.05, 0) is 48.0 Å². The molecule has 2 aromatic rings. The molecule has 2 rings (SSSR count). The smallest absolute Gasteiger partial charge is 0.0696 e. The van der Waals surface area contributed by atoms with E-state index in [1.165, 1.54) is 0 Å². The van der Waals surface area contributed by atoms with Gasteiger partial charge in [0.1, 0.15) is 0 Å². The highest BCUT2D eigenvalue weighted by Gasteiger charge is 2.18. The third kappa shape index (κ3) is 4.36. The second-order valence-corrected chi connectivity index (χ2v) is 5.65. The highest BCUT2D eigenvalue weighted by molar-refractivity contribution is 9.10. The first-order chi connectivity index (χ1) is 10.3. The molecule has 21 heavy (non-hydrogen) atoms. The van der Waals surface area contributed by atoms with Crippen LogP contribution in [0.3, 0.4) is 0 Å². The lowest BCUT2D eigenvalue weighted by molar-refractivity contribution is 0.181. The predicted octanol–water partition coefficient (Wildman–Crippen LogP) is 2.58. The van der Waals surface area contributed by atoms with Crippen molar-refractivity contribution < 1.29 is 4.74 Å². The molecule has 0 aliphatic carbocycles. The maximum Gasteiger partial charge on any atom is 0.0696 e. The number of ether oxygens (including phenoxy) is 1. The van der Waals surface area contributed by atoms with E-state index in [2.05, 4.69) is 37.4 Å². The molecule has 5 nitrogen and oxygen atoms in total. The summed E-state index contributed by atoms with van der Waals surface area (Å²) in [5, 5.41) is 7.78. The Hall–Kier alpha value is -1.24. The van der Waals surface area contributed by atoms with E-state index in [9.17, 15) is 0 Å². The average Bonchev–Trinajstić information content (AvgIpc) is 2.88. The summed E-state index contributed by atoms with van der Waals surface area (Å²) >= 11 is 3.60. The monoisotopic (exact) mass is 352 g/mol. The Labute approximate surface area is 133 Å². The van der Waals surface area contributed by atoms with Crippen LogP contribution in [0, 0.1) is 0 Å². The first kappa shape index (κ1) is 16.1. The number of methoxy groups -OCH3 is 1. The van der Waals surface area contributed by atoms with Gasteiger partial charge < -0.3 is 10.1 Å². The largest absolute Gasteiger partial charge is 0.383 e. The van der Waals surface area contributed by atoms with E-state index >= 15 is 0 Å². The van der Waals surface area contributed by atoms with Gasteiger partial charge in [0.15, 0.2) is 0 Å². The summed E-state index contributed by atoms with van der Waals surface area (Å²) in [6.45, 7) is 1.40. The molecule has 1 atom stereocenters. The minimum absolute atomic E-state index is 0.223. The summed E-state index contributed by atoms with van der Waals surface area (Å²) in [4.78, 5) is 4.38. The third-order valence-corrected chi connectivity index (χ3v) is 4.05. The first-order valence-electron chi connectivity index (χ1n) is 7.03. The Bertz CT molecular complexity index is 544. The summed E-state index contributed by atoms with van der Waals surface area (Å²) in [6.07, 6.45) is 5.57. The standard InChI is InChI=1S/C15H21BrN4O/c1-17-14(7-6-12-5-3-4-8-18-12)15-13(16)11-19-20(15)9-10-21-2/h3-5,8,11,14,17H,6-7,9-10H2,1-2H3. The fraction of sp³-hybridized carbons (Fsp3) is 0.467. The number of nitrogens with one attached hydrogen (secondary N) is 1. The summed E-state index contributed by atoms with van der Waals surface area (Å²) in [7, 11) is 3.68. The van der Waals surface area contributed by atoms with Crippen LogP contribution in [0.15, 0.2) is 35.1 Å². The maximum absolute atomic E-state index is 5.15. The zero-order valence-corrected chi connectivity index (χ0v) is 14.0. The Morgan fingerprint density at radius 3 is 2.95 bits per heavy atom. The van der Waals surface area contributed by atoms with Gasteiger partial charge in [-0.3, -0.25) is 9.67 Å². The molecule has 0 saturated heterocycles. The van der Waals surface area contributed by atoms with Gasteiger partial charge in [-0.2, -0.15) is 5.10 Å². The Balaban J connectivity index is 2.08. The van der Waals surface area contributed by atoms with Crippen LogP contribution in [0.25, 0.3) is 0 Å². The molecule has 0 bridgehead atoms. The maximum atomic E-state index is 5.15. The topological polar surface area (TPSA) is 52.0 Å². The summed E-state index contributed by atoms with van der Waals surface area (Å²) in [5.41, 5.74) is 2.27. The van der Waals surface area contributed by atoms with Crippen molar-refractivity contribution >= 4 is 15.9 Å². The number of hydrogen-bond acceptors (Lipinski definition) is 4. The second-order valence-electron chi connectivity index (χ2n) is 4.79. The van der Waals surface area contributed by atoms with Crippen LogP contribution in [0.2, 0.25) is 0 Å². The molecule has 0 saturated carbocycles. The minimum atomic E-state index is 0.223. The summed E-state index contributed by atoms with van der Waals surface area (Å²) in [6, 6.07) is 6.25. The van der Waals surface area contributed by atoms with Crippen molar-refractivity contribution in [1.82, 2.24) is 20.1 Å². The van der Waals surface area contributed by atoms with E-state index < -0.39 is 0 Å². The number of hydrogen-bond donors (Lipinski definition) is 1. The Morgan fingerprint density at radius 2 is 2.29 bits per heavy atom. The van der Waals surface area contributed by atoms with E-state index in [1.807, 2.05) is 36.3 Å². The van der Waals surface area contributed by atoms with E-state index in [0.717, 1.165) is 35.2 Å². The number of aryl methyl sites for hydroxylation is 1. The van der Waals surface area contributed by atoms with Gasteiger partial charge in [0.2, 0.25) is 0 Å². The predicted molar refractivity (Wildman–Crippen MR) is 86.2 cm³/mol. The van der Waals surface area contributed by atoms with Crippen LogP contribution in [-0.2, 0) is 17.7 Å². The van der Waals surface area contributed by atoms with Gasteiger partial charge in [-0.15, -0.1) is 0 Å². The fourth-order valence-corrected chi connectivity index (χ4v) is 2.90. The van der Waals surface area contributed by atoms with Crippen molar-refractivity contribution in [2.24, 2.45) is 0 Å². The minimum Gasteiger partial charge on any atom is -0.383 e. The average molecular weight is 353 g/mol. The van der Waals surface area contributed by atoms with Crippen molar-refractivity contribution in [2.45, 2.75) is 25.4 Å². The quantitative estimate of drug-likeness (QED) is 0.793. The van der Waals surface area contributed by atoms with E-state index in [1.54, 1.807) is 7.11 Å². The van der Waals surface area contributed by atoms with Crippen LogP contribution >= 0.6 is 15.9 Å². The van der Waals surface area contributed by atoms with E-state index in [-0.39, 0.29) is 6.04 Å². The number of rotatable bonds is 8. The second kappa shape index (κ2) is 8.26. The molecule has 6 heteroatoms. The van der Waals surface area contributed by atoms with Crippen molar-refractivity contribution in [3.05, 3.63) is 46.5 Å². The molecule has 0 radical (unpaired) electrons. The van der Waals surface area contributed by atoms with Gasteiger partial charge >= 0.3 is 0 Å². The van der Waals surface area contributed by atoms with Crippen molar-refractivity contribution in [1.29, 1.82) is 0 Å². The zero-order chi connectivity index (χ0) is 15.1. The molecular formula is C15H21BrN4O. The SMILES string of the molecule is CNC(CCc1ccccn1)c1c(Br)cnn1CCOC. The molecule has 1 N–H and O–H groups in total. The molecule has 114 valence electrons. The molecule has 0 amide bonds. The van der Waals surface area contributed by atoms with Gasteiger partial charge in [-0.1, -0.05) is 6.07 Å². The van der Waals surface area contributed by atoms with Crippen LogP contribution in [0.1, 0.15) is 23.9 Å². The van der Waals surface area contributed by atoms with Gasteiger partial charge in [0.25, 0.3) is 0 Å². The van der Waals surface area contributed by atoms with Gasteiger partial charge in [-0.25, -0.2) is 0 Å². The molecular weight excluding hydrogens is 332 g/mol. The first-order valence-corrected chi connectivity index (χ1v) is 7.83. The summed E-state index contributed by atoms with van der Waals surface area (Å²) < 4.78 is 8.17. The van der Waals surface area contributed by atoms with E-state index in [0.29, 0.717) is 6.61 Å². The lowest BCUT2D eigenvalue weighted by Gasteiger charge is -2.18. The van der Waals surface area contributed by atoms with Gasteiger partial charge in [0.05, 0.1) is 35.6 Å². The van der Waals surface area contributed by atoms with Crippen molar-refractivity contribution in [2.75, 3.05) is 20.8 Å². The highest BCUT2D eigenvalue weighted by Crippen LogP contribution is 2.26. The highest BCUT2D eigenvalue weighted by atomic mass is 79.9. The lowest BCUT2D eigenvalue weighted by atomic mass is 10.1. The van der Waals surface area contributed by atoms with Crippen LogP contribution < -0.4 is 5.32 Å². The van der Waals surface area contributed by atoms with Crippen molar-refractivity contribution in [3.8, 4) is 0 Å². The van der Waals surface area contributed by atoms with Crippen molar-refractivity contribution in [3.63, 3.8) is 0 Å². The fourth-order valence-electron chi connectivity index (χ4n) is 2.33. The van der Waals surface area contributed by atoms with Crippen LogP contribution in [0.4, 0.5) is 0 Å². The molecule has 0 spiro atoms. The number of halogens is 1. The number of pyridine rings is 1. The molecule has 1 unspecified atom stereocenters. The molecule has 0 aromatic carbocycles.